The van der Waals surface area contributed by atoms with E-state index >= 15 is 0 Å². The zero-order chi connectivity index (χ0) is 23.1. The molecule has 10 heteroatoms. The number of para-hydroxylation sites is 1. The van der Waals surface area contributed by atoms with E-state index in [1.54, 1.807) is 41.4 Å². The number of furan rings is 1. The average molecular weight is 464 g/mol. The first-order chi connectivity index (χ1) is 16.0. The van der Waals surface area contributed by atoms with Crippen molar-refractivity contribution in [2.45, 2.75) is 18.0 Å². The molecule has 0 radical (unpaired) electrons. The van der Waals surface area contributed by atoms with E-state index in [0.29, 0.717) is 23.6 Å². The highest BCUT2D eigenvalue weighted by Gasteiger charge is 2.14. The van der Waals surface area contributed by atoms with Crippen molar-refractivity contribution in [2.24, 2.45) is 0 Å². The largest absolute Gasteiger partial charge is 0.468 e. The van der Waals surface area contributed by atoms with Gasteiger partial charge in [0.05, 0.1) is 24.2 Å². The summed E-state index contributed by atoms with van der Waals surface area (Å²) in [5.41, 5.74) is 2.25. The van der Waals surface area contributed by atoms with Crippen LogP contribution in [0.3, 0.4) is 0 Å². The van der Waals surface area contributed by atoms with Crippen LogP contribution in [0.2, 0.25) is 0 Å². The zero-order valence-corrected chi connectivity index (χ0v) is 18.3. The molecule has 33 heavy (non-hydrogen) atoms. The molecule has 168 valence electrons. The fourth-order valence-corrected chi connectivity index (χ4v) is 4.03. The molecule has 0 atom stereocenters. The van der Waals surface area contributed by atoms with Crippen molar-refractivity contribution < 1.29 is 17.6 Å². The van der Waals surface area contributed by atoms with Gasteiger partial charge in [-0.3, -0.25) is 4.79 Å². The van der Waals surface area contributed by atoms with Crippen LogP contribution in [0.4, 0.5) is 5.69 Å². The second-order valence-electron chi connectivity index (χ2n) is 7.05. The van der Waals surface area contributed by atoms with E-state index in [0.717, 1.165) is 5.56 Å². The Morgan fingerprint density at radius 1 is 1.06 bits per heavy atom. The number of anilines is 1. The maximum atomic E-state index is 12.4. The average Bonchev–Trinajstić information content (AvgIpc) is 3.52. The van der Waals surface area contributed by atoms with E-state index in [2.05, 4.69) is 20.1 Å². The number of nitrogens with one attached hydrogen (secondary N) is 2. The number of hydrogen-bond acceptors (Lipinski definition) is 6. The summed E-state index contributed by atoms with van der Waals surface area (Å²) >= 11 is 0. The molecule has 4 rings (SSSR count). The van der Waals surface area contributed by atoms with E-state index in [9.17, 15) is 13.2 Å². The Morgan fingerprint density at radius 3 is 2.61 bits per heavy atom. The Bertz CT molecular complexity index is 1330. The smallest absolute Gasteiger partial charge is 0.248 e. The lowest BCUT2D eigenvalue weighted by molar-refractivity contribution is -0.111. The number of rotatable bonds is 9. The topological polar surface area (TPSA) is 119 Å². The van der Waals surface area contributed by atoms with Crippen molar-refractivity contribution in [2.75, 3.05) is 5.32 Å². The molecule has 2 N–H and O–H groups in total. The first-order valence-electron chi connectivity index (χ1n) is 10.0. The van der Waals surface area contributed by atoms with E-state index in [1.807, 2.05) is 24.3 Å². The highest BCUT2D eigenvalue weighted by Crippen LogP contribution is 2.17. The van der Waals surface area contributed by atoms with Crippen LogP contribution < -0.4 is 10.0 Å². The normalized spacial score (nSPS) is 11.6. The van der Waals surface area contributed by atoms with Crippen molar-refractivity contribution in [1.82, 2.24) is 19.5 Å². The molecule has 0 unspecified atom stereocenters. The van der Waals surface area contributed by atoms with Crippen LogP contribution in [0, 0.1) is 0 Å². The summed E-state index contributed by atoms with van der Waals surface area (Å²) in [6.07, 6.45) is 7.55. The van der Waals surface area contributed by atoms with E-state index in [4.69, 9.17) is 4.42 Å². The van der Waals surface area contributed by atoms with Crippen molar-refractivity contribution in [3.63, 3.8) is 0 Å². The number of amides is 1. The fraction of sp³-hybridized carbons (Fsp3) is 0.0870. The number of carbonyl (C=O) groups is 1. The number of carbonyl (C=O) groups excluding carboxylic acids is 1. The Hall–Kier alpha value is -4.02. The first kappa shape index (κ1) is 22.2. The van der Waals surface area contributed by atoms with Crippen LogP contribution in [0.1, 0.15) is 16.9 Å². The molecule has 0 aliphatic carbocycles. The number of sulfonamides is 1. The van der Waals surface area contributed by atoms with E-state index in [-0.39, 0.29) is 17.3 Å². The van der Waals surface area contributed by atoms with Crippen LogP contribution >= 0.6 is 0 Å². The van der Waals surface area contributed by atoms with Gasteiger partial charge in [-0.2, -0.15) is 5.10 Å². The van der Waals surface area contributed by atoms with Gasteiger partial charge in [0.1, 0.15) is 18.4 Å². The predicted octanol–water partition coefficient (Wildman–Crippen LogP) is 3.05. The van der Waals surface area contributed by atoms with Gasteiger partial charge in [0, 0.05) is 11.8 Å². The molecule has 0 aliphatic heterocycles. The van der Waals surface area contributed by atoms with Crippen molar-refractivity contribution in [3.8, 4) is 0 Å². The summed E-state index contributed by atoms with van der Waals surface area (Å²) in [4.78, 5) is 16.5. The molecule has 2 aromatic heterocycles. The van der Waals surface area contributed by atoms with Crippen LogP contribution in [0.15, 0.2) is 95.0 Å². The molecule has 0 aliphatic rings. The molecular formula is C23H21N5O4S. The molecule has 0 bridgehead atoms. The highest BCUT2D eigenvalue weighted by molar-refractivity contribution is 7.89. The van der Waals surface area contributed by atoms with Crippen LogP contribution in [0.25, 0.3) is 6.08 Å². The predicted molar refractivity (Wildman–Crippen MR) is 122 cm³/mol. The van der Waals surface area contributed by atoms with Crippen molar-refractivity contribution >= 4 is 27.7 Å². The molecule has 2 heterocycles. The van der Waals surface area contributed by atoms with Crippen molar-refractivity contribution in [1.29, 1.82) is 0 Å². The summed E-state index contributed by atoms with van der Waals surface area (Å²) in [5, 5.41) is 6.94. The number of aromatic nitrogens is 3. The maximum Gasteiger partial charge on any atom is 0.248 e. The minimum Gasteiger partial charge on any atom is -0.468 e. The summed E-state index contributed by atoms with van der Waals surface area (Å²) in [7, 11) is -3.68. The standard InChI is InChI=1S/C23H21N5O4S/c29-23(27-22-6-2-1-4-19(22)15-28-17-24-16-25-28)12-9-18-7-10-21(11-8-18)33(30,31)26-14-20-5-3-13-32-20/h1-13,16-17,26H,14-15H2,(H,27,29)/b12-9+. The first-order valence-corrected chi connectivity index (χ1v) is 11.5. The summed E-state index contributed by atoms with van der Waals surface area (Å²) in [6.45, 7) is 0.541. The van der Waals surface area contributed by atoms with Gasteiger partial charge in [-0.15, -0.1) is 0 Å². The SMILES string of the molecule is O=C(/C=C/c1ccc(S(=O)(=O)NCc2ccco2)cc1)Nc1ccccc1Cn1cncn1. The molecule has 0 saturated heterocycles. The van der Waals surface area contributed by atoms with Crippen LogP contribution in [-0.2, 0) is 27.9 Å². The lowest BCUT2D eigenvalue weighted by atomic mass is 10.1. The van der Waals surface area contributed by atoms with Gasteiger partial charge in [-0.25, -0.2) is 22.8 Å². The van der Waals surface area contributed by atoms with Gasteiger partial charge in [0.2, 0.25) is 15.9 Å². The zero-order valence-electron chi connectivity index (χ0n) is 17.5. The summed E-state index contributed by atoms with van der Waals surface area (Å²) in [5.74, 6) is 0.213. The summed E-state index contributed by atoms with van der Waals surface area (Å²) < 4.78 is 34.1. The maximum absolute atomic E-state index is 12.4. The highest BCUT2D eigenvalue weighted by atomic mass is 32.2. The van der Waals surface area contributed by atoms with Crippen LogP contribution in [-0.4, -0.2) is 29.1 Å². The Labute approximate surface area is 190 Å². The van der Waals surface area contributed by atoms with Gasteiger partial charge < -0.3 is 9.73 Å². The molecule has 9 nitrogen and oxygen atoms in total. The minimum atomic E-state index is -3.68. The lowest BCUT2D eigenvalue weighted by Gasteiger charge is -2.09. The Kier molecular flexibility index (Phi) is 6.77. The lowest BCUT2D eigenvalue weighted by Crippen LogP contribution is -2.22. The van der Waals surface area contributed by atoms with Crippen molar-refractivity contribution in [3.05, 3.63) is 103 Å². The molecule has 0 saturated carbocycles. The van der Waals surface area contributed by atoms with Gasteiger partial charge in [-0.1, -0.05) is 30.3 Å². The Balaban J connectivity index is 1.37. The second-order valence-corrected chi connectivity index (χ2v) is 8.81. The molecular weight excluding hydrogens is 442 g/mol. The van der Waals surface area contributed by atoms with E-state index < -0.39 is 10.0 Å². The Morgan fingerprint density at radius 2 is 1.88 bits per heavy atom. The van der Waals surface area contributed by atoms with E-state index in [1.165, 1.54) is 30.8 Å². The number of nitrogens with zero attached hydrogens (tertiary/aromatic N) is 3. The molecule has 1 amide bonds. The molecule has 0 fully saturated rings. The van der Waals surface area contributed by atoms with Gasteiger partial charge in [0.25, 0.3) is 0 Å². The number of benzene rings is 2. The fourth-order valence-electron chi connectivity index (χ4n) is 3.04. The van der Waals surface area contributed by atoms with Gasteiger partial charge in [0.15, 0.2) is 0 Å². The second kappa shape index (κ2) is 10.1. The monoisotopic (exact) mass is 463 g/mol. The van der Waals surface area contributed by atoms with Gasteiger partial charge >= 0.3 is 0 Å². The molecule has 4 aromatic rings. The van der Waals surface area contributed by atoms with Gasteiger partial charge in [-0.05, 0) is 47.5 Å². The third-order valence-corrected chi connectivity index (χ3v) is 6.13. The third kappa shape index (κ3) is 6.03. The minimum absolute atomic E-state index is 0.0650. The third-order valence-electron chi connectivity index (χ3n) is 4.71. The van der Waals surface area contributed by atoms with Crippen LogP contribution in [0.5, 0.6) is 0 Å². The molecule has 0 spiro atoms. The number of hydrogen-bond donors (Lipinski definition) is 2. The quantitative estimate of drug-likeness (QED) is 0.368. The molecule has 2 aromatic carbocycles. The summed E-state index contributed by atoms with van der Waals surface area (Å²) in [6, 6.07) is 17.0.